The second-order valence-electron chi connectivity index (χ2n) is 6.68. The summed E-state index contributed by atoms with van der Waals surface area (Å²) in [7, 11) is 0. The molecule has 0 spiro atoms. The van der Waals surface area contributed by atoms with Crippen molar-refractivity contribution in [3.8, 4) is 0 Å². The predicted molar refractivity (Wildman–Crippen MR) is 90.7 cm³/mol. The lowest BCUT2D eigenvalue weighted by Crippen LogP contribution is -2.26. The van der Waals surface area contributed by atoms with Crippen molar-refractivity contribution in [2.45, 2.75) is 53.5 Å². The lowest BCUT2D eigenvalue weighted by Gasteiger charge is -2.23. The summed E-state index contributed by atoms with van der Waals surface area (Å²) < 4.78 is 0. The summed E-state index contributed by atoms with van der Waals surface area (Å²) in [5.41, 5.74) is 2.48. The third-order valence-electron chi connectivity index (χ3n) is 4.62. The Balaban J connectivity index is 2.08. The molecular weight excluding hydrogens is 258 g/mol. The zero-order valence-corrected chi connectivity index (χ0v) is 14.2. The maximum absolute atomic E-state index is 4.78. The standard InChI is InChI=1S/C18H31N3/c1-5-19-13-16-11-15(4)20-18(12-16)21-9-6-7-17(8-10-21)14(2)3/h11-12,14,17,19H,5-10,13H2,1-4H3. The van der Waals surface area contributed by atoms with Crippen molar-refractivity contribution in [3.05, 3.63) is 23.4 Å². The average molecular weight is 289 g/mol. The number of hydrogen-bond donors (Lipinski definition) is 1. The number of aryl methyl sites for hydroxylation is 1. The Morgan fingerprint density at radius 1 is 1.29 bits per heavy atom. The smallest absolute Gasteiger partial charge is 0.129 e. The van der Waals surface area contributed by atoms with E-state index in [0.29, 0.717) is 0 Å². The molecule has 118 valence electrons. The summed E-state index contributed by atoms with van der Waals surface area (Å²) in [6, 6.07) is 4.46. The highest BCUT2D eigenvalue weighted by molar-refractivity contribution is 5.42. The number of rotatable bonds is 5. The molecule has 1 unspecified atom stereocenters. The first-order valence-corrected chi connectivity index (χ1v) is 8.53. The Bertz CT molecular complexity index is 442. The van der Waals surface area contributed by atoms with E-state index in [0.717, 1.165) is 43.7 Å². The van der Waals surface area contributed by atoms with Crippen molar-refractivity contribution in [3.63, 3.8) is 0 Å². The third kappa shape index (κ3) is 4.70. The molecule has 1 atom stereocenters. The molecule has 1 aromatic rings. The van der Waals surface area contributed by atoms with E-state index >= 15 is 0 Å². The van der Waals surface area contributed by atoms with Crippen LogP contribution in [0.25, 0.3) is 0 Å². The molecule has 21 heavy (non-hydrogen) atoms. The third-order valence-corrected chi connectivity index (χ3v) is 4.62. The Morgan fingerprint density at radius 2 is 2.10 bits per heavy atom. The van der Waals surface area contributed by atoms with Crippen LogP contribution in [0, 0.1) is 18.8 Å². The van der Waals surface area contributed by atoms with Crippen LogP contribution in [-0.2, 0) is 6.54 Å². The van der Waals surface area contributed by atoms with Crippen LogP contribution < -0.4 is 10.2 Å². The number of pyridine rings is 1. The number of hydrogen-bond acceptors (Lipinski definition) is 3. The van der Waals surface area contributed by atoms with E-state index in [2.05, 4.69) is 50.0 Å². The summed E-state index contributed by atoms with van der Waals surface area (Å²) in [5, 5.41) is 3.41. The average Bonchev–Trinajstić information content (AvgIpc) is 2.70. The van der Waals surface area contributed by atoms with Gasteiger partial charge in [-0.1, -0.05) is 20.8 Å². The fourth-order valence-electron chi connectivity index (χ4n) is 3.27. The fraction of sp³-hybridized carbons (Fsp3) is 0.722. The highest BCUT2D eigenvalue weighted by atomic mass is 15.2. The summed E-state index contributed by atoms with van der Waals surface area (Å²) in [6.45, 7) is 13.2. The molecule has 1 aliphatic rings. The van der Waals surface area contributed by atoms with Crippen LogP contribution in [0.5, 0.6) is 0 Å². The zero-order chi connectivity index (χ0) is 15.2. The van der Waals surface area contributed by atoms with Gasteiger partial charge in [0.2, 0.25) is 0 Å². The van der Waals surface area contributed by atoms with Crippen LogP contribution in [0.1, 0.15) is 51.3 Å². The van der Waals surface area contributed by atoms with Gasteiger partial charge in [0.15, 0.2) is 0 Å². The Kier molecular flexibility index (Phi) is 6.04. The van der Waals surface area contributed by atoms with E-state index in [-0.39, 0.29) is 0 Å². The SMILES string of the molecule is CCNCc1cc(C)nc(N2CCCC(C(C)C)CC2)c1. The summed E-state index contributed by atoms with van der Waals surface area (Å²) in [6.07, 6.45) is 3.96. The fourth-order valence-corrected chi connectivity index (χ4v) is 3.27. The van der Waals surface area contributed by atoms with Gasteiger partial charge in [-0.25, -0.2) is 4.98 Å². The van der Waals surface area contributed by atoms with Crippen molar-refractivity contribution < 1.29 is 0 Å². The molecule has 1 fully saturated rings. The highest BCUT2D eigenvalue weighted by Gasteiger charge is 2.20. The second-order valence-corrected chi connectivity index (χ2v) is 6.68. The normalized spacial score (nSPS) is 19.9. The van der Waals surface area contributed by atoms with E-state index < -0.39 is 0 Å². The number of aromatic nitrogens is 1. The van der Waals surface area contributed by atoms with Crippen molar-refractivity contribution >= 4 is 5.82 Å². The molecule has 1 aromatic heterocycles. The molecular formula is C18H31N3. The van der Waals surface area contributed by atoms with Crippen LogP contribution in [0.3, 0.4) is 0 Å². The van der Waals surface area contributed by atoms with E-state index in [1.165, 1.54) is 30.6 Å². The predicted octanol–water partition coefficient (Wildman–Crippen LogP) is 3.76. The monoisotopic (exact) mass is 289 g/mol. The van der Waals surface area contributed by atoms with Crippen LogP contribution in [-0.4, -0.2) is 24.6 Å². The van der Waals surface area contributed by atoms with Crippen molar-refractivity contribution in [2.24, 2.45) is 11.8 Å². The minimum absolute atomic E-state index is 0.805. The molecule has 2 heterocycles. The van der Waals surface area contributed by atoms with E-state index in [1.54, 1.807) is 0 Å². The van der Waals surface area contributed by atoms with E-state index in [9.17, 15) is 0 Å². The molecule has 0 saturated carbocycles. The zero-order valence-electron chi connectivity index (χ0n) is 14.2. The quantitative estimate of drug-likeness (QED) is 0.894. The lowest BCUT2D eigenvalue weighted by atomic mass is 9.89. The minimum Gasteiger partial charge on any atom is -0.357 e. The molecule has 1 aliphatic heterocycles. The molecule has 0 aromatic carbocycles. The van der Waals surface area contributed by atoms with Gasteiger partial charge in [0, 0.05) is 25.3 Å². The summed E-state index contributed by atoms with van der Waals surface area (Å²) in [4.78, 5) is 7.27. The van der Waals surface area contributed by atoms with E-state index in [4.69, 9.17) is 4.98 Å². The van der Waals surface area contributed by atoms with Gasteiger partial charge in [0.05, 0.1) is 0 Å². The molecule has 3 heteroatoms. The summed E-state index contributed by atoms with van der Waals surface area (Å²) in [5.74, 6) is 2.85. The largest absolute Gasteiger partial charge is 0.357 e. The first kappa shape index (κ1) is 16.3. The topological polar surface area (TPSA) is 28.2 Å². The molecule has 1 N–H and O–H groups in total. The van der Waals surface area contributed by atoms with Gasteiger partial charge in [-0.15, -0.1) is 0 Å². The molecule has 0 bridgehead atoms. The van der Waals surface area contributed by atoms with Gasteiger partial charge >= 0.3 is 0 Å². The van der Waals surface area contributed by atoms with Crippen LogP contribution >= 0.6 is 0 Å². The van der Waals surface area contributed by atoms with Crippen molar-refractivity contribution in [2.75, 3.05) is 24.5 Å². The minimum atomic E-state index is 0.805. The Hall–Kier alpha value is -1.09. The molecule has 1 saturated heterocycles. The molecule has 3 nitrogen and oxygen atoms in total. The van der Waals surface area contributed by atoms with Gasteiger partial charge in [-0.2, -0.15) is 0 Å². The highest BCUT2D eigenvalue weighted by Crippen LogP contribution is 2.27. The second kappa shape index (κ2) is 7.79. The molecule has 0 radical (unpaired) electrons. The number of anilines is 1. The van der Waals surface area contributed by atoms with Crippen molar-refractivity contribution in [1.29, 1.82) is 0 Å². The lowest BCUT2D eigenvalue weighted by molar-refractivity contribution is 0.351. The first-order chi connectivity index (χ1) is 10.1. The molecule has 0 aliphatic carbocycles. The number of nitrogens with zero attached hydrogens (tertiary/aromatic N) is 2. The Labute approximate surface area is 130 Å². The Morgan fingerprint density at radius 3 is 2.81 bits per heavy atom. The van der Waals surface area contributed by atoms with Gasteiger partial charge < -0.3 is 10.2 Å². The maximum Gasteiger partial charge on any atom is 0.129 e. The maximum atomic E-state index is 4.78. The van der Waals surface area contributed by atoms with Gasteiger partial charge in [0.25, 0.3) is 0 Å². The number of nitrogens with one attached hydrogen (secondary N) is 1. The van der Waals surface area contributed by atoms with Gasteiger partial charge in [-0.3, -0.25) is 0 Å². The molecule has 2 rings (SSSR count). The van der Waals surface area contributed by atoms with Crippen molar-refractivity contribution in [1.82, 2.24) is 10.3 Å². The summed E-state index contributed by atoms with van der Waals surface area (Å²) >= 11 is 0. The molecule has 0 amide bonds. The van der Waals surface area contributed by atoms with Crippen LogP contribution in [0.15, 0.2) is 12.1 Å². The van der Waals surface area contributed by atoms with Gasteiger partial charge in [0.1, 0.15) is 5.82 Å². The van der Waals surface area contributed by atoms with Crippen LogP contribution in [0.2, 0.25) is 0 Å². The van der Waals surface area contributed by atoms with E-state index in [1.807, 2.05) is 0 Å². The van der Waals surface area contributed by atoms with Gasteiger partial charge in [-0.05, 0) is 62.3 Å². The van der Waals surface area contributed by atoms with Crippen LogP contribution in [0.4, 0.5) is 5.82 Å². The first-order valence-electron chi connectivity index (χ1n) is 8.53.